The Morgan fingerprint density at radius 2 is 1.71 bits per heavy atom. The largest absolute Gasteiger partial charge is 0.347 e. The molecule has 2 saturated heterocycles. The van der Waals surface area contributed by atoms with Crippen molar-refractivity contribution < 1.29 is 13.9 Å². The summed E-state index contributed by atoms with van der Waals surface area (Å²) in [6, 6.07) is 8.67. The van der Waals surface area contributed by atoms with Crippen LogP contribution in [0.3, 0.4) is 0 Å². The average Bonchev–Trinajstić information content (AvgIpc) is 3.06. The van der Waals surface area contributed by atoms with Crippen LogP contribution in [0.2, 0.25) is 0 Å². The van der Waals surface area contributed by atoms with Gasteiger partial charge >= 0.3 is 0 Å². The molecule has 0 amide bonds. The van der Waals surface area contributed by atoms with Crippen LogP contribution in [0.25, 0.3) is 11.1 Å². The van der Waals surface area contributed by atoms with Crippen LogP contribution in [0.5, 0.6) is 0 Å². The molecule has 0 bridgehead atoms. The average molecular weight is 328 g/mol. The third kappa shape index (κ3) is 3.34. The lowest BCUT2D eigenvalue weighted by Gasteiger charge is -2.37. The smallest absolute Gasteiger partial charge is 0.170 e. The van der Waals surface area contributed by atoms with Crippen molar-refractivity contribution in [2.75, 3.05) is 26.3 Å². The molecule has 0 radical (unpaired) electrons. The van der Waals surface area contributed by atoms with Crippen molar-refractivity contribution in [2.24, 2.45) is 0 Å². The quantitative estimate of drug-likeness (QED) is 0.866. The molecule has 2 aliphatic heterocycles. The maximum atomic E-state index is 13.1. The Kier molecular flexibility index (Phi) is 4.31. The molecule has 1 spiro atoms. The normalized spacial score (nSPS) is 20.5. The highest BCUT2D eigenvalue weighted by molar-refractivity contribution is 5.62. The molecule has 2 fully saturated rings. The molecule has 0 unspecified atom stereocenters. The van der Waals surface area contributed by atoms with Gasteiger partial charge in [0, 0.05) is 50.4 Å². The predicted molar refractivity (Wildman–Crippen MR) is 88.8 cm³/mol. The number of pyridine rings is 1. The Morgan fingerprint density at radius 1 is 1.00 bits per heavy atom. The van der Waals surface area contributed by atoms with E-state index in [9.17, 15) is 4.39 Å². The zero-order valence-corrected chi connectivity index (χ0v) is 13.6. The second kappa shape index (κ2) is 6.59. The number of rotatable bonds is 3. The number of halogens is 1. The van der Waals surface area contributed by atoms with Crippen molar-refractivity contribution in [3.05, 3.63) is 54.1 Å². The highest BCUT2D eigenvalue weighted by Crippen LogP contribution is 2.31. The van der Waals surface area contributed by atoms with Gasteiger partial charge in [-0.1, -0.05) is 12.1 Å². The maximum Gasteiger partial charge on any atom is 0.170 e. The second-order valence-electron chi connectivity index (χ2n) is 6.47. The first-order valence-corrected chi connectivity index (χ1v) is 8.43. The van der Waals surface area contributed by atoms with Crippen LogP contribution in [0, 0.1) is 5.82 Å². The van der Waals surface area contributed by atoms with Gasteiger partial charge in [0.1, 0.15) is 5.82 Å². The van der Waals surface area contributed by atoms with Crippen molar-refractivity contribution in [3.63, 3.8) is 0 Å². The maximum absolute atomic E-state index is 13.1. The van der Waals surface area contributed by atoms with E-state index in [2.05, 4.69) is 16.0 Å². The van der Waals surface area contributed by atoms with E-state index < -0.39 is 0 Å². The Hall–Kier alpha value is -1.82. The van der Waals surface area contributed by atoms with Gasteiger partial charge in [-0.15, -0.1) is 0 Å². The van der Waals surface area contributed by atoms with Crippen molar-refractivity contribution in [1.82, 2.24) is 9.88 Å². The molecule has 0 atom stereocenters. The van der Waals surface area contributed by atoms with Crippen LogP contribution >= 0.6 is 0 Å². The van der Waals surface area contributed by atoms with Gasteiger partial charge in [-0.3, -0.25) is 9.88 Å². The minimum absolute atomic E-state index is 0.221. The summed E-state index contributed by atoms with van der Waals surface area (Å²) in [5.74, 6) is -0.550. The van der Waals surface area contributed by atoms with E-state index in [1.54, 1.807) is 12.1 Å². The predicted octanol–water partition coefficient (Wildman–Crippen LogP) is 3.23. The second-order valence-corrected chi connectivity index (χ2v) is 6.47. The molecule has 4 nitrogen and oxygen atoms in total. The number of hydrogen-bond acceptors (Lipinski definition) is 4. The van der Waals surface area contributed by atoms with E-state index in [1.165, 1.54) is 17.7 Å². The highest BCUT2D eigenvalue weighted by atomic mass is 19.1. The molecule has 2 aromatic rings. The SMILES string of the molecule is Fc1ccc(-c2cncc(CN3CCC4(CC3)OCCO4)c2)cc1. The topological polar surface area (TPSA) is 34.6 Å². The summed E-state index contributed by atoms with van der Waals surface area (Å²) in [4.78, 5) is 6.75. The van der Waals surface area contributed by atoms with E-state index in [0.29, 0.717) is 13.2 Å². The number of aromatic nitrogens is 1. The van der Waals surface area contributed by atoms with Gasteiger partial charge in [-0.25, -0.2) is 4.39 Å². The van der Waals surface area contributed by atoms with Gasteiger partial charge in [-0.2, -0.15) is 0 Å². The molecule has 1 aromatic heterocycles. The molecule has 1 aromatic carbocycles. The third-order valence-electron chi connectivity index (χ3n) is 4.81. The number of likely N-dealkylation sites (tertiary alicyclic amines) is 1. The zero-order valence-electron chi connectivity index (χ0n) is 13.6. The van der Waals surface area contributed by atoms with E-state index in [4.69, 9.17) is 9.47 Å². The van der Waals surface area contributed by atoms with Crippen LogP contribution in [-0.4, -0.2) is 42.0 Å². The fourth-order valence-electron chi connectivity index (χ4n) is 3.47. The summed E-state index contributed by atoms with van der Waals surface area (Å²) in [7, 11) is 0. The molecular weight excluding hydrogens is 307 g/mol. The summed E-state index contributed by atoms with van der Waals surface area (Å²) in [6.07, 6.45) is 5.55. The lowest BCUT2D eigenvalue weighted by atomic mass is 10.0. The Morgan fingerprint density at radius 3 is 2.42 bits per heavy atom. The van der Waals surface area contributed by atoms with Crippen molar-refractivity contribution in [3.8, 4) is 11.1 Å². The fraction of sp³-hybridized carbons (Fsp3) is 0.421. The molecule has 0 N–H and O–H groups in total. The first kappa shape index (κ1) is 15.7. The van der Waals surface area contributed by atoms with Crippen LogP contribution in [-0.2, 0) is 16.0 Å². The lowest BCUT2D eigenvalue weighted by Crippen LogP contribution is -2.44. The molecule has 3 heterocycles. The molecule has 24 heavy (non-hydrogen) atoms. The van der Waals surface area contributed by atoms with Gasteiger partial charge in [-0.05, 0) is 29.3 Å². The summed E-state index contributed by atoms with van der Waals surface area (Å²) < 4.78 is 24.6. The van der Waals surface area contributed by atoms with Crippen LogP contribution in [0.1, 0.15) is 18.4 Å². The molecule has 2 aliphatic rings. The monoisotopic (exact) mass is 328 g/mol. The molecule has 5 heteroatoms. The Bertz CT molecular complexity index is 689. The first-order valence-electron chi connectivity index (χ1n) is 8.43. The van der Waals surface area contributed by atoms with E-state index in [1.807, 2.05) is 12.4 Å². The van der Waals surface area contributed by atoms with E-state index in [0.717, 1.165) is 43.6 Å². The number of ether oxygens (including phenoxy) is 2. The zero-order chi connectivity index (χ0) is 16.4. The number of benzene rings is 1. The Balaban J connectivity index is 1.42. The van der Waals surface area contributed by atoms with Gasteiger partial charge < -0.3 is 9.47 Å². The molecule has 126 valence electrons. The summed E-state index contributed by atoms with van der Waals surface area (Å²) >= 11 is 0. The van der Waals surface area contributed by atoms with Crippen molar-refractivity contribution >= 4 is 0 Å². The summed E-state index contributed by atoms with van der Waals surface area (Å²) in [6.45, 7) is 4.20. The molecule has 0 saturated carbocycles. The minimum atomic E-state index is -0.329. The van der Waals surface area contributed by atoms with E-state index >= 15 is 0 Å². The molecular formula is C19H21FN2O2. The highest BCUT2D eigenvalue weighted by Gasteiger charge is 2.39. The number of piperidine rings is 1. The molecule has 4 rings (SSSR count). The van der Waals surface area contributed by atoms with Crippen LogP contribution < -0.4 is 0 Å². The third-order valence-corrected chi connectivity index (χ3v) is 4.81. The number of nitrogens with zero attached hydrogens (tertiary/aromatic N) is 2. The minimum Gasteiger partial charge on any atom is -0.347 e. The lowest BCUT2D eigenvalue weighted by molar-refractivity contribution is -0.185. The first-order chi connectivity index (χ1) is 11.7. The van der Waals surface area contributed by atoms with Crippen molar-refractivity contribution in [1.29, 1.82) is 0 Å². The molecule has 0 aliphatic carbocycles. The Labute approximate surface area is 141 Å². The van der Waals surface area contributed by atoms with Gasteiger partial charge in [0.15, 0.2) is 5.79 Å². The van der Waals surface area contributed by atoms with Gasteiger partial charge in [0.25, 0.3) is 0 Å². The van der Waals surface area contributed by atoms with E-state index in [-0.39, 0.29) is 11.6 Å². The van der Waals surface area contributed by atoms with Crippen molar-refractivity contribution in [2.45, 2.75) is 25.2 Å². The van der Waals surface area contributed by atoms with Crippen LogP contribution in [0.4, 0.5) is 4.39 Å². The summed E-state index contributed by atoms with van der Waals surface area (Å²) in [5.41, 5.74) is 3.17. The standard InChI is InChI=1S/C19H21FN2O2/c20-18-3-1-16(2-4-18)17-11-15(12-21-13-17)14-22-7-5-19(6-8-22)23-9-10-24-19/h1-4,11-13H,5-10,14H2. The summed E-state index contributed by atoms with van der Waals surface area (Å²) in [5, 5.41) is 0. The van der Waals surface area contributed by atoms with Gasteiger partial charge in [0.05, 0.1) is 13.2 Å². The van der Waals surface area contributed by atoms with Gasteiger partial charge in [0.2, 0.25) is 0 Å². The number of hydrogen-bond donors (Lipinski definition) is 0. The fourth-order valence-corrected chi connectivity index (χ4v) is 3.47. The van der Waals surface area contributed by atoms with Crippen LogP contribution in [0.15, 0.2) is 42.7 Å².